The Labute approximate surface area is 199 Å². The molecular formula is C25H32N4O5. The molecule has 0 radical (unpaired) electrons. The van der Waals surface area contributed by atoms with Gasteiger partial charge in [-0.15, -0.1) is 0 Å². The Balaban J connectivity index is 1.67. The molecule has 3 N–H and O–H groups in total. The first-order valence-electron chi connectivity index (χ1n) is 11.5. The molecule has 3 rings (SSSR count). The van der Waals surface area contributed by atoms with Gasteiger partial charge in [-0.2, -0.15) is 0 Å². The summed E-state index contributed by atoms with van der Waals surface area (Å²) in [4.78, 5) is 39.4. The minimum Gasteiger partial charge on any atom is -0.462 e. The first kappa shape index (κ1) is 25.0. The van der Waals surface area contributed by atoms with Gasteiger partial charge in [-0.3, -0.25) is 4.79 Å². The van der Waals surface area contributed by atoms with Crippen LogP contribution in [0, 0.1) is 0 Å². The Kier molecular flexibility index (Phi) is 9.28. The van der Waals surface area contributed by atoms with Crippen molar-refractivity contribution in [3.05, 3.63) is 53.6 Å². The molecule has 0 spiro atoms. The number of hydrogen-bond acceptors (Lipinski definition) is 6. The van der Waals surface area contributed by atoms with Crippen molar-refractivity contribution < 1.29 is 23.9 Å². The summed E-state index contributed by atoms with van der Waals surface area (Å²) in [6, 6.07) is 11.3. The highest BCUT2D eigenvalue weighted by Gasteiger charge is 2.20. The molecule has 1 aliphatic heterocycles. The van der Waals surface area contributed by atoms with Crippen LogP contribution >= 0.6 is 0 Å². The summed E-state index contributed by atoms with van der Waals surface area (Å²) < 4.78 is 10.00. The van der Waals surface area contributed by atoms with E-state index < -0.39 is 12.0 Å². The van der Waals surface area contributed by atoms with E-state index in [1.807, 2.05) is 6.07 Å². The first-order valence-corrected chi connectivity index (χ1v) is 11.5. The summed E-state index contributed by atoms with van der Waals surface area (Å²) in [5.74, 6) is -0.596. The monoisotopic (exact) mass is 468 g/mol. The van der Waals surface area contributed by atoms with Gasteiger partial charge in [0.2, 0.25) is 0 Å². The van der Waals surface area contributed by atoms with E-state index in [0.717, 1.165) is 38.0 Å². The minimum atomic E-state index is -0.454. The van der Waals surface area contributed by atoms with E-state index in [4.69, 9.17) is 9.47 Å². The molecule has 2 aromatic rings. The standard InChI is InChI=1S/C25H32N4O5/c1-3-34-24(31)18-7-9-19(10-8-18)27-25(32)28-20-11-12-22(29-14-4-5-15-29)21(17-20)23(30)26-13-6-16-33-2/h7-12,17H,3-6,13-16H2,1-2H3,(H,26,30)(H2,27,28,32). The Morgan fingerprint density at radius 3 is 2.32 bits per heavy atom. The highest BCUT2D eigenvalue weighted by Crippen LogP contribution is 2.27. The molecular weight excluding hydrogens is 436 g/mol. The third kappa shape index (κ3) is 6.95. The molecule has 9 heteroatoms. The lowest BCUT2D eigenvalue weighted by molar-refractivity contribution is 0.0526. The highest BCUT2D eigenvalue weighted by atomic mass is 16.5. The van der Waals surface area contributed by atoms with Crippen LogP contribution in [0.15, 0.2) is 42.5 Å². The molecule has 0 atom stereocenters. The Hall–Kier alpha value is -3.59. The summed E-state index contributed by atoms with van der Waals surface area (Å²) in [6.07, 6.45) is 2.90. The predicted molar refractivity (Wildman–Crippen MR) is 132 cm³/mol. The number of ether oxygens (including phenoxy) is 2. The highest BCUT2D eigenvalue weighted by molar-refractivity contribution is 6.04. The zero-order valence-corrected chi connectivity index (χ0v) is 19.7. The van der Waals surface area contributed by atoms with E-state index in [1.165, 1.54) is 0 Å². The number of methoxy groups -OCH3 is 1. The zero-order valence-electron chi connectivity index (χ0n) is 19.7. The smallest absolute Gasteiger partial charge is 0.338 e. The molecule has 1 aliphatic rings. The summed E-state index contributed by atoms with van der Waals surface area (Å²) in [6.45, 7) is 4.92. The average Bonchev–Trinajstić information content (AvgIpc) is 3.37. The number of esters is 1. The third-order valence-corrected chi connectivity index (χ3v) is 5.41. The Morgan fingerprint density at radius 2 is 1.65 bits per heavy atom. The van der Waals surface area contributed by atoms with Gasteiger partial charge >= 0.3 is 12.0 Å². The second-order valence-corrected chi connectivity index (χ2v) is 7.91. The van der Waals surface area contributed by atoms with Crippen LogP contribution in [-0.2, 0) is 9.47 Å². The van der Waals surface area contributed by atoms with Crippen LogP contribution in [-0.4, -0.2) is 57.9 Å². The molecule has 0 aromatic heterocycles. The Bertz CT molecular complexity index is 987. The number of amides is 3. The summed E-state index contributed by atoms with van der Waals surface area (Å²) >= 11 is 0. The quantitative estimate of drug-likeness (QED) is 0.361. The average molecular weight is 469 g/mol. The maximum Gasteiger partial charge on any atom is 0.338 e. The topological polar surface area (TPSA) is 109 Å². The van der Waals surface area contributed by atoms with E-state index >= 15 is 0 Å². The fraction of sp³-hybridized carbons (Fsp3) is 0.400. The van der Waals surface area contributed by atoms with Gasteiger partial charge < -0.3 is 30.3 Å². The van der Waals surface area contributed by atoms with Crippen LogP contribution < -0.4 is 20.9 Å². The minimum absolute atomic E-state index is 0.184. The van der Waals surface area contributed by atoms with Gasteiger partial charge in [0.15, 0.2) is 0 Å². The second kappa shape index (κ2) is 12.6. The summed E-state index contributed by atoms with van der Waals surface area (Å²) in [5, 5.41) is 8.44. The van der Waals surface area contributed by atoms with Crippen molar-refractivity contribution in [2.45, 2.75) is 26.2 Å². The largest absolute Gasteiger partial charge is 0.462 e. The number of urea groups is 1. The zero-order chi connectivity index (χ0) is 24.3. The SMILES string of the molecule is CCOC(=O)c1ccc(NC(=O)Nc2ccc(N3CCCC3)c(C(=O)NCCCOC)c2)cc1. The van der Waals surface area contributed by atoms with E-state index in [0.29, 0.717) is 42.3 Å². The molecule has 34 heavy (non-hydrogen) atoms. The predicted octanol–water partition coefficient (Wildman–Crippen LogP) is 3.87. The van der Waals surface area contributed by atoms with Gasteiger partial charge in [-0.1, -0.05) is 0 Å². The van der Waals surface area contributed by atoms with Crippen molar-refractivity contribution in [1.29, 1.82) is 0 Å². The number of benzene rings is 2. The van der Waals surface area contributed by atoms with Gasteiger partial charge in [0.25, 0.3) is 5.91 Å². The molecule has 182 valence electrons. The van der Waals surface area contributed by atoms with Gasteiger partial charge in [-0.05, 0) is 68.7 Å². The number of nitrogens with one attached hydrogen (secondary N) is 3. The van der Waals surface area contributed by atoms with Crippen LogP contribution in [0.3, 0.4) is 0 Å². The van der Waals surface area contributed by atoms with Crippen molar-refractivity contribution in [3.8, 4) is 0 Å². The second-order valence-electron chi connectivity index (χ2n) is 7.91. The number of nitrogens with zero attached hydrogens (tertiary/aromatic N) is 1. The molecule has 1 heterocycles. The molecule has 2 aromatic carbocycles. The van der Waals surface area contributed by atoms with Gasteiger partial charge in [0, 0.05) is 50.4 Å². The molecule has 0 unspecified atom stereocenters. The molecule has 9 nitrogen and oxygen atoms in total. The van der Waals surface area contributed by atoms with Crippen molar-refractivity contribution >= 4 is 35.0 Å². The lowest BCUT2D eigenvalue weighted by Gasteiger charge is -2.22. The van der Waals surface area contributed by atoms with E-state index in [9.17, 15) is 14.4 Å². The van der Waals surface area contributed by atoms with Gasteiger partial charge in [0.05, 0.1) is 17.7 Å². The molecule has 0 saturated carbocycles. The van der Waals surface area contributed by atoms with Gasteiger partial charge in [-0.25, -0.2) is 9.59 Å². The number of anilines is 3. The third-order valence-electron chi connectivity index (χ3n) is 5.41. The fourth-order valence-corrected chi connectivity index (χ4v) is 3.74. The van der Waals surface area contributed by atoms with E-state index in [2.05, 4.69) is 20.9 Å². The number of carbonyl (C=O) groups is 3. The molecule has 3 amide bonds. The normalized spacial score (nSPS) is 12.8. The fourth-order valence-electron chi connectivity index (χ4n) is 3.74. The number of rotatable bonds is 10. The van der Waals surface area contributed by atoms with Crippen LogP contribution in [0.4, 0.5) is 21.9 Å². The number of hydrogen-bond donors (Lipinski definition) is 3. The van der Waals surface area contributed by atoms with E-state index in [-0.39, 0.29) is 5.91 Å². The van der Waals surface area contributed by atoms with Crippen molar-refractivity contribution in [2.24, 2.45) is 0 Å². The van der Waals surface area contributed by atoms with Crippen LogP contribution in [0.5, 0.6) is 0 Å². The van der Waals surface area contributed by atoms with Crippen LogP contribution in [0.1, 0.15) is 46.9 Å². The molecule has 0 bridgehead atoms. The summed E-state index contributed by atoms with van der Waals surface area (Å²) in [5.41, 5.74) is 2.82. The molecule has 1 saturated heterocycles. The maximum absolute atomic E-state index is 12.9. The Morgan fingerprint density at radius 1 is 0.971 bits per heavy atom. The van der Waals surface area contributed by atoms with Crippen molar-refractivity contribution in [3.63, 3.8) is 0 Å². The summed E-state index contributed by atoms with van der Waals surface area (Å²) in [7, 11) is 1.63. The van der Waals surface area contributed by atoms with Crippen molar-refractivity contribution in [2.75, 3.05) is 55.5 Å². The van der Waals surface area contributed by atoms with E-state index in [1.54, 1.807) is 50.4 Å². The van der Waals surface area contributed by atoms with Crippen molar-refractivity contribution in [1.82, 2.24) is 5.32 Å². The number of carbonyl (C=O) groups excluding carboxylic acids is 3. The lowest BCUT2D eigenvalue weighted by atomic mass is 10.1. The van der Waals surface area contributed by atoms with Gasteiger partial charge in [0.1, 0.15) is 0 Å². The molecule has 0 aliphatic carbocycles. The van der Waals surface area contributed by atoms with Crippen LogP contribution in [0.25, 0.3) is 0 Å². The lowest BCUT2D eigenvalue weighted by Crippen LogP contribution is -2.29. The van der Waals surface area contributed by atoms with Crippen LogP contribution in [0.2, 0.25) is 0 Å². The maximum atomic E-state index is 12.9. The molecule has 1 fully saturated rings. The first-order chi connectivity index (χ1) is 16.5.